The highest BCUT2D eigenvalue weighted by molar-refractivity contribution is 6.31. The number of benzene rings is 1. The van der Waals surface area contributed by atoms with Crippen LogP contribution in [0, 0.1) is 5.92 Å². The van der Waals surface area contributed by atoms with Crippen LogP contribution in [0.3, 0.4) is 0 Å². The summed E-state index contributed by atoms with van der Waals surface area (Å²) in [6, 6.07) is 4.43. The van der Waals surface area contributed by atoms with Gasteiger partial charge in [-0.15, -0.1) is 0 Å². The number of hydrogen-bond acceptors (Lipinski definition) is 2. The summed E-state index contributed by atoms with van der Waals surface area (Å²) in [5.41, 5.74) is 0.167. The SMILES string of the molecule is FC(F)(F)c1ccc([C@@H](C2CC2)N2CCNCC2)cc1Cl. The van der Waals surface area contributed by atoms with Crippen molar-refractivity contribution in [1.82, 2.24) is 10.2 Å². The van der Waals surface area contributed by atoms with E-state index in [4.69, 9.17) is 11.6 Å². The molecule has 21 heavy (non-hydrogen) atoms. The van der Waals surface area contributed by atoms with E-state index in [2.05, 4.69) is 10.2 Å². The molecule has 1 saturated carbocycles. The fourth-order valence-electron chi connectivity index (χ4n) is 3.10. The average Bonchev–Trinajstić information content (AvgIpc) is 3.23. The van der Waals surface area contributed by atoms with Crippen LogP contribution < -0.4 is 5.32 Å². The van der Waals surface area contributed by atoms with Crippen LogP contribution in [0.2, 0.25) is 5.02 Å². The summed E-state index contributed by atoms with van der Waals surface area (Å²) < 4.78 is 38.4. The average molecular weight is 319 g/mol. The summed E-state index contributed by atoms with van der Waals surface area (Å²) in [7, 11) is 0. The van der Waals surface area contributed by atoms with E-state index in [1.807, 2.05) is 0 Å². The fraction of sp³-hybridized carbons (Fsp3) is 0.600. The predicted octanol–water partition coefficient (Wildman–Crippen LogP) is 3.72. The summed E-state index contributed by atoms with van der Waals surface area (Å²) in [5, 5.41) is 3.11. The summed E-state index contributed by atoms with van der Waals surface area (Å²) in [4.78, 5) is 2.37. The molecule has 1 heterocycles. The van der Waals surface area contributed by atoms with Gasteiger partial charge < -0.3 is 5.32 Å². The fourth-order valence-corrected chi connectivity index (χ4v) is 3.39. The van der Waals surface area contributed by atoms with Crippen LogP contribution in [0.4, 0.5) is 13.2 Å². The van der Waals surface area contributed by atoms with Crippen LogP contribution in [0.1, 0.15) is 30.0 Å². The zero-order valence-corrected chi connectivity index (χ0v) is 12.3. The minimum absolute atomic E-state index is 0.194. The maximum absolute atomic E-state index is 12.8. The molecule has 6 heteroatoms. The summed E-state index contributed by atoms with van der Waals surface area (Å²) in [6.07, 6.45) is -2.10. The van der Waals surface area contributed by atoms with E-state index in [-0.39, 0.29) is 11.1 Å². The first-order valence-corrected chi connectivity index (χ1v) is 7.66. The van der Waals surface area contributed by atoms with Gasteiger partial charge in [-0.25, -0.2) is 0 Å². The van der Waals surface area contributed by atoms with Crippen LogP contribution >= 0.6 is 11.6 Å². The van der Waals surface area contributed by atoms with Crippen molar-refractivity contribution >= 4 is 11.6 Å². The van der Waals surface area contributed by atoms with Gasteiger partial charge in [-0.05, 0) is 36.5 Å². The standard InChI is InChI=1S/C15H18ClF3N2/c16-13-9-11(3-4-12(13)15(17,18)19)14(10-1-2-10)21-7-5-20-6-8-21/h3-4,9-10,14,20H,1-2,5-8H2/t14-/m1/s1. The minimum atomic E-state index is -4.39. The highest BCUT2D eigenvalue weighted by Gasteiger charge is 2.38. The van der Waals surface area contributed by atoms with Gasteiger partial charge in [-0.2, -0.15) is 13.2 Å². The van der Waals surface area contributed by atoms with Crippen molar-refractivity contribution in [1.29, 1.82) is 0 Å². The van der Waals surface area contributed by atoms with E-state index in [0.717, 1.165) is 50.7 Å². The molecule has 0 radical (unpaired) electrons. The number of piperazine rings is 1. The lowest BCUT2D eigenvalue weighted by atomic mass is 9.98. The van der Waals surface area contributed by atoms with Crippen molar-refractivity contribution in [3.63, 3.8) is 0 Å². The van der Waals surface area contributed by atoms with E-state index in [1.165, 1.54) is 6.07 Å². The molecule has 1 atom stereocenters. The molecule has 0 spiro atoms. The molecule has 0 aromatic heterocycles. The molecule has 2 aliphatic rings. The van der Waals surface area contributed by atoms with Gasteiger partial charge in [0.25, 0.3) is 0 Å². The van der Waals surface area contributed by atoms with Crippen molar-refractivity contribution in [2.45, 2.75) is 25.1 Å². The first kappa shape index (κ1) is 15.1. The number of nitrogens with one attached hydrogen (secondary N) is 1. The van der Waals surface area contributed by atoms with Crippen molar-refractivity contribution in [3.8, 4) is 0 Å². The molecule has 1 aromatic carbocycles. The van der Waals surface area contributed by atoms with Crippen molar-refractivity contribution in [3.05, 3.63) is 34.3 Å². The Morgan fingerprint density at radius 3 is 2.38 bits per heavy atom. The van der Waals surface area contributed by atoms with E-state index in [1.54, 1.807) is 6.07 Å². The highest BCUT2D eigenvalue weighted by atomic mass is 35.5. The van der Waals surface area contributed by atoms with Crippen LogP contribution in [-0.4, -0.2) is 31.1 Å². The van der Waals surface area contributed by atoms with Crippen molar-refractivity contribution in [2.75, 3.05) is 26.2 Å². The Labute approximate surface area is 127 Å². The Kier molecular flexibility index (Phi) is 4.17. The van der Waals surface area contributed by atoms with Gasteiger partial charge in [0.1, 0.15) is 0 Å². The molecule has 0 bridgehead atoms. The van der Waals surface area contributed by atoms with Gasteiger partial charge in [0.2, 0.25) is 0 Å². The molecule has 3 rings (SSSR count). The number of alkyl halides is 3. The quantitative estimate of drug-likeness (QED) is 0.914. The molecule has 1 aliphatic carbocycles. The monoisotopic (exact) mass is 318 g/mol. The Morgan fingerprint density at radius 2 is 1.86 bits per heavy atom. The smallest absolute Gasteiger partial charge is 0.314 e. The first-order chi connectivity index (χ1) is 9.97. The summed E-state index contributed by atoms with van der Waals surface area (Å²) in [6.45, 7) is 3.72. The summed E-state index contributed by atoms with van der Waals surface area (Å²) in [5.74, 6) is 0.552. The van der Waals surface area contributed by atoms with Gasteiger partial charge in [-0.1, -0.05) is 17.7 Å². The second-order valence-electron chi connectivity index (χ2n) is 5.81. The van der Waals surface area contributed by atoms with E-state index in [0.29, 0.717) is 5.92 Å². The topological polar surface area (TPSA) is 15.3 Å². The zero-order valence-electron chi connectivity index (χ0n) is 11.6. The van der Waals surface area contributed by atoms with Crippen LogP contribution in [0.15, 0.2) is 18.2 Å². The van der Waals surface area contributed by atoms with Crippen molar-refractivity contribution in [2.24, 2.45) is 5.92 Å². The van der Waals surface area contributed by atoms with E-state index >= 15 is 0 Å². The molecule has 0 amide bonds. The second-order valence-corrected chi connectivity index (χ2v) is 6.21. The predicted molar refractivity (Wildman–Crippen MR) is 76.4 cm³/mol. The third kappa shape index (κ3) is 3.35. The first-order valence-electron chi connectivity index (χ1n) is 7.28. The van der Waals surface area contributed by atoms with Gasteiger partial charge >= 0.3 is 6.18 Å². The third-order valence-corrected chi connectivity index (χ3v) is 4.57. The molecule has 2 fully saturated rings. The Balaban J connectivity index is 1.87. The molecular formula is C15H18ClF3N2. The van der Waals surface area contributed by atoms with Crippen LogP contribution in [0.5, 0.6) is 0 Å². The zero-order chi connectivity index (χ0) is 15.0. The van der Waals surface area contributed by atoms with Gasteiger partial charge in [0, 0.05) is 32.2 Å². The number of nitrogens with zero attached hydrogens (tertiary/aromatic N) is 1. The van der Waals surface area contributed by atoms with E-state index in [9.17, 15) is 13.2 Å². The molecule has 2 nitrogen and oxygen atoms in total. The number of hydrogen-bond donors (Lipinski definition) is 1. The lowest BCUT2D eigenvalue weighted by Gasteiger charge is -2.35. The van der Waals surface area contributed by atoms with Gasteiger partial charge in [0.05, 0.1) is 10.6 Å². The van der Waals surface area contributed by atoms with Crippen LogP contribution in [-0.2, 0) is 6.18 Å². The maximum Gasteiger partial charge on any atom is 0.417 e. The molecular weight excluding hydrogens is 301 g/mol. The van der Waals surface area contributed by atoms with Crippen molar-refractivity contribution < 1.29 is 13.2 Å². The largest absolute Gasteiger partial charge is 0.417 e. The van der Waals surface area contributed by atoms with Gasteiger partial charge in [-0.3, -0.25) is 4.90 Å². The molecule has 1 aliphatic heterocycles. The lowest BCUT2D eigenvalue weighted by molar-refractivity contribution is -0.137. The minimum Gasteiger partial charge on any atom is -0.314 e. The summed E-state index contributed by atoms with van der Waals surface area (Å²) >= 11 is 5.87. The molecule has 1 saturated heterocycles. The van der Waals surface area contributed by atoms with Crippen LogP contribution in [0.25, 0.3) is 0 Å². The number of rotatable bonds is 3. The molecule has 1 aromatic rings. The Morgan fingerprint density at radius 1 is 1.19 bits per heavy atom. The normalized spacial score (nSPS) is 22.3. The van der Waals surface area contributed by atoms with E-state index < -0.39 is 11.7 Å². The van der Waals surface area contributed by atoms with Gasteiger partial charge in [0.15, 0.2) is 0 Å². The Hall–Kier alpha value is -0.780. The Bertz CT molecular complexity index is 508. The molecule has 1 N–H and O–H groups in total. The third-order valence-electron chi connectivity index (χ3n) is 4.25. The molecule has 116 valence electrons. The second kappa shape index (κ2) is 5.78. The highest BCUT2D eigenvalue weighted by Crippen LogP contribution is 2.46. The molecule has 0 unspecified atom stereocenters. The number of halogens is 4. The maximum atomic E-state index is 12.8. The lowest BCUT2D eigenvalue weighted by Crippen LogP contribution is -2.45.